The van der Waals surface area contributed by atoms with Gasteiger partial charge in [0.1, 0.15) is 0 Å². The molecule has 0 unspecified atom stereocenters. The Balaban J connectivity index is 1.53. The van der Waals surface area contributed by atoms with Crippen LogP contribution in [-0.2, 0) is 0 Å². The van der Waals surface area contributed by atoms with Crippen molar-refractivity contribution in [2.24, 2.45) is 0 Å². The Morgan fingerprint density at radius 1 is 1.17 bits per heavy atom. The van der Waals surface area contributed by atoms with Crippen molar-refractivity contribution in [2.45, 2.75) is 19.3 Å². The van der Waals surface area contributed by atoms with Crippen molar-refractivity contribution in [3.8, 4) is 0 Å². The largest absolute Gasteiger partial charge is 0.352 e. The average molecular weight is 245 g/mol. The van der Waals surface area contributed by atoms with Gasteiger partial charge < -0.3 is 10.2 Å². The van der Waals surface area contributed by atoms with Crippen LogP contribution in [0.5, 0.6) is 0 Å². The average Bonchev–Trinajstić information content (AvgIpc) is 2.82. The van der Waals surface area contributed by atoms with Gasteiger partial charge in [-0.15, -0.1) is 5.10 Å². The van der Waals surface area contributed by atoms with Crippen LogP contribution in [0.3, 0.4) is 0 Å². The summed E-state index contributed by atoms with van der Waals surface area (Å²) >= 11 is 0. The molecule has 1 fully saturated rings. The zero-order valence-electron chi connectivity index (χ0n) is 10.5. The summed E-state index contributed by atoms with van der Waals surface area (Å²) < 4.78 is 1.79. The summed E-state index contributed by atoms with van der Waals surface area (Å²) in [6.45, 7) is 4.47. The van der Waals surface area contributed by atoms with Crippen molar-refractivity contribution in [1.82, 2.24) is 19.5 Å². The van der Waals surface area contributed by atoms with Crippen molar-refractivity contribution in [3.05, 3.63) is 24.4 Å². The second-order valence-corrected chi connectivity index (χ2v) is 4.77. The van der Waals surface area contributed by atoms with E-state index in [1.165, 1.54) is 32.4 Å². The number of anilines is 1. The van der Waals surface area contributed by atoms with E-state index in [0.717, 1.165) is 24.7 Å². The smallest absolute Gasteiger partial charge is 0.243 e. The molecule has 0 radical (unpaired) electrons. The molecule has 2 aromatic heterocycles. The molecule has 0 spiro atoms. The summed E-state index contributed by atoms with van der Waals surface area (Å²) in [5, 5.41) is 7.67. The van der Waals surface area contributed by atoms with E-state index in [1.54, 1.807) is 4.52 Å². The van der Waals surface area contributed by atoms with Gasteiger partial charge in [0.2, 0.25) is 5.95 Å². The monoisotopic (exact) mass is 245 g/mol. The predicted octanol–water partition coefficient (Wildman–Crippen LogP) is 1.63. The van der Waals surface area contributed by atoms with E-state index in [-0.39, 0.29) is 0 Å². The van der Waals surface area contributed by atoms with Gasteiger partial charge in [-0.3, -0.25) is 0 Å². The first-order chi connectivity index (χ1) is 8.92. The van der Waals surface area contributed by atoms with Gasteiger partial charge >= 0.3 is 0 Å². The first-order valence-corrected chi connectivity index (χ1v) is 6.69. The van der Waals surface area contributed by atoms with Crippen molar-refractivity contribution >= 4 is 11.6 Å². The molecule has 1 aliphatic rings. The fraction of sp³-hybridized carbons (Fsp3) is 0.538. The van der Waals surface area contributed by atoms with E-state index in [0.29, 0.717) is 0 Å². The molecule has 5 heteroatoms. The lowest BCUT2D eigenvalue weighted by Crippen LogP contribution is -2.33. The van der Waals surface area contributed by atoms with Crippen LogP contribution in [0.1, 0.15) is 19.3 Å². The summed E-state index contributed by atoms with van der Waals surface area (Å²) in [5.74, 6) is 0.721. The Morgan fingerprint density at radius 2 is 2.06 bits per heavy atom. The molecule has 5 nitrogen and oxygen atoms in total. The molecule has 0 atom stereocenters. The first-order valence-electron chi connectivity index (χ1n) is 6.69. The molecule has 2 aromatic rings. The minimum atomic E-state index is 0.721. The molecule has 0 amide bonds. The molecule has 1 aliphatic heterocycles. The number of likely N-dealkylation sites (tertiary alicyclic amines) is 1. The summed E-state index contributed by atoms with van der Waals surface area (Å²) in [6.07, 6.45) is 5.98. The van der Waals surface area contributed by atoms with E-state index in [9.17, 15) is 0 Å². The van der Waals surface area contributed by atoms with E-state index in [4.69, 9.17) is 0 Å². The highest BCUT2D eigenvalue weighted by molar-refractivity contribution is 5.42. The molecule has 0 bridgehead atoms. The van der Waals surface area contributed by atoms with Gasteiger partial charge in [-0.2, -0.15) is 4.98 Å². The van der Waals surface area contributed by atoms with Crippen molar-refractivity contribution in [1.29, 1.82) is 0 Å². The minimum absolute atomic E-state index is 0.721. The minimum Gasteiger partial charge on any atom is -0.352 e. The maximum atomic E-state index is 4.42. The molecule has 18 heavy (non-hydrogen) atoms. The second-order valence-electron chi connectivity index (χ2n) is 4.77. The van der Waals surface area contributed by atoms with Gasteiger partial charge in [-0.05, 0) is 38.1 Å². The Kier molecular flexibility index (Phi) is 3.41. The van der Waals surface area contributed by atoms with Crippen molar-refractivity contribution < 1.29 is 0 Å². The summed E-state index contributed by atoms with van der Waals surface area (Å²) in [6, 6.07) is 5.89. The molecule has 1 saturated heterocycles. The van der Waals surface area contributed by atoms with Crippen LogP contribution in [0.4, 0.5) is 5.95 Å². The lowest BCUT2D eigenvalue weighted by molar-refractivity contribution is 0.237. The molecule has 0 aliphatic carbocycles. The van der Waals surface area contributed by atoms with Gasteiger partial charge in [-0.25, -0.2) is 4.52 Å². The van der Waals surface area contributed by atoms with Crippen LogP contribution in [0.25, 0.3) is 5.65 Å². The SMILES string of the molecule is c1ccn2nc(NCCN3CCCCC3)nc2c1. The standard InChI is InChI=1S/C13H19N5/c1-3-8-17(9-4-1)11-7-14-13-15-12-6-2-5-10-18(12)16-13/h2,5-6,10H,1,3-4,7-9,11H2,(H,14,16). The Labute approximate surface area is 107 Å². The number of hydrogen-bond acceptors (Lipinski definition) is 4. The zero-order valence-corrected chi connectivity index (χ0v) is 10.5. The molecular formula is C13H19N5. The number of fused-ring (bicyclic) bond motifs is 1. The molecule has 0 aromatic carbocycles. The summed E-state index contributed by atoms with van der Waals surface area (Å²) in [5.41, 5.74) is 0.887. The van der Waals surface area contributed by atoms with Crippen molar-refractivity contribution in [3.63, 3.8) is 0 Å². The maximum absolute atomic E-state index is 4.42. The number of nitrogens with one attached hydrogen (secondary N) is 1. The Hall–Kier alpha value is -1.62. The van der Waals surface area contributed by atoms with E-state index in [2.05, 4.69) is 20.3 Å². The lowest BCUT2D eigenvalue weighted by Gasteiger charge is -2.26. The third kappa shape index (κ3) is 2.61. The van der Waals surface area contributed by atoms with Crippen LogP contribution in [0.2, 0.25) is 0 Å². The Bertz CT molecular complexity index is 468. The van der Waals surface area contributed by atoms with E-state index >= 15 is 0 Å². The van der Waals surface area contributed by atoms with Gasteiger partial charge in [0, 0.05) is 19.3 Å². The highest BCUT2D eigenvalue weighted by Crippen LogP contribution is 2.08. The summed E-state index contributed by atoms with van der Waals surface area (Å²) in [4.78, 5) is 6.92. The molecule has 3 rings (SSSR count). The molecular weight excluding hydrogens is 226 g/mol. The third-order valence-electron chi connectivity index (χ3n) is 3.40. The van der Waals surface area contributed by atoms with Gasteiger partial charge in [0.05, 0.1) is 0 Å². The van der Waals surface area contributed by atoms with Gasteiger partial charge in [0.15, 0.2) is 5.65 Å². The third-order valence-corrected chi connectivity index (χ3v) is 3.40. The maximum Gasteiger partial charge on any atom is 0.243 e. The summed E-state index contributed by atoms with van der Waals surface area (Å²) in [7, 11) is 0. The van der Waals surface area contributed by atoms with Crippen LogP contribution < -0.4 is 5.32 Å². The van der Waals surface area contributed by atoms with Gasteiger partial charge in [0.25, 0.3) is 0 Å². The normalized spacial score (nSPS) is 17.1. The van der Waals surface area contributed by atoms with Crippen molar-refractivity contribution in [2.75, 3.05) is 31.5 Å². The number of hydrogen-bond donors (Lipinski definition) is 1. The van der Waals surface area contributed by atoms with Crippen LogP contribution in [0.15, 0.2) is 24.4 Å². The van der Waals surface area contributed by atoms with Crippen LogP contribution >= 0.6 is 0 Å². The predicted molar refractivity (Wildman–Crippen MR) is 71.8 cm³/mol. The number of pyridine rings is 1. The molecule has 0 saturated carbocycles. The number of piperidine rings is 1. The van der Waals surface area contributed by atoms with E-state index in [1.807, 2.05) is 24.4 Å². The quantitative estimate of drug-likeness (QED) is 0.889. The highest BCUT2D eigenvalue weighted by atomic mass is 15.3. The molecule has 3 heterocycles. The number of aromatic nitrogens is 3. The Morgan fingerprint density at radius 3 is 2.89 bits per heavy atom. The zero-order chi connectivity index (χ0) is 12.2. The second kappa shape index (κ2) is 5.35. The fourth-order valence-corrected chi connectivity index (χ4v) is 2.42. The van der Waals surface area contributed by atoms with Crippen LogP contribution in [0, 0.1) is 0 Å². The van der Waals surface area contributed by atoms with Crippen LogP contribution in [-0.4, -0.2) is 45.7 Å². The highest BCUT2D eigenvalue weighted by Gasteiger charge is 2.09. The first kappa shape index (κ1) is 11.5. The topological polar surface area (TPSA) is 45.5 Å². The number of rotatable bonds is 4. The van der Waals surface area contributed by atoms with E-state index < -0.39 is 0 Å². The van der Waals surface area contributed by atoms with Gasteiger partial charge in [-0.1, -0.05) is 12.5 Å². The molecule has 96 valence electrons. The number of nitrogens with zero attached hydrogens (tertiary/aromatic N) is 4. The lowest BCUT2D eigenvalue weighted by atomic mass is 10.1. The molecule has 1 N–H and O–H groups in total. The fourth-order valence-electron chi connectivity index (χ4n) is 2.42.